The van der Waals surface area contributed by atoms with Crippen LogP contribution in [0.25, 0.3) is 10.9 Å². The number of aromatic nitrogens is 1. The lowest BCUT2D eigenvalue weighted by Crippen LogP contribution is -2.12. The van der Waals surface area contributed by atoms with Gasteiger partial charge in [0.25, 0.3) is 0 Å². The molecule has 1 heterocycles. The second-order valence-corrected chi connectivity index (χ2v) is 4.26. The van der Waals surface area contributed by atoms with E-state index in [1.807, 2.05) is 6.92 Å². The molecule has 5 heteroatoms. The Bertz CT molecular complexity index is 661. The van der Waals surface area contributed by atoms with Crippen molar-refractivity contribution < 1.29 is 10.2 Å². The summed E-state index contributed by atoms with van der Waals surface area (Å²) in [5.74, 6) is -0.780. The maximum atomic E-state index is 12.0. The van der Waals surface area contributed by atoms with E-state index in [2.05, 4.69) is 0 Å². The number of hydrogen-bond acceptors (Lipinski definition) is 3. The molecule has 2 N–H and O–H groups in total. The molecule has 1 aromatic heterocycles. The van der Waals surface area contributed by atoms with Crippen molar-refractivity contribution >= 4 is 22.5 Å². The zero-order valence-electron chi connectivity index (χ0n) is 9.49. The number of halogens is 1. The molecule has 0 spiro atoms. The van der Waals surface area contributed by atoms with Crippen LogP contribution in [-0.4, -0.2) is 14.8 Å². The number of phenols is 2. The van der Waals surface area contributed by atoms with Gasteiger partial charge >= 0.3 is 0 Å². The fourth-order valence-electron chi connectivity index (χ4n) is 1.88. The monoisotopic (exact) mass is 253 g/mol. The smallest absolute Gasteiger partial charge is 0.193 e. The quantitative estimate of drug-likeness (QED) is 0.767. The van der Waals surface area contributed by atoms with E-state index in [-0.39, 0.29) is 21.6 Å². The van der Waals surface area contributed by atoms with Crippen LogP contribution >= 0.6 is 11.6 Å². The maximum absolute atomic E-state index is 12.0. The molecule has 0 aliphatic heterocycles. The number of phenolic OH excluding ortho intramolecular Hbond substituents is 2. The molecule has 2 rings (SSSR count). The number of benzene rings is 1. The molecule has 90 valence electrons. The lowest BCUT2D eigenvalue weighted by molar-refractivity contribution is 0.405. The molecule has 4 nitrogen and oxygen atoms in total. The summed E-state index contributed by atoms with van der Waals surface area (Å²) in [6, 6.07) is 1.35. The second-order valence-electron chi connectivity index (χ2n) is 3.88. The second kappa shape index (κ2) is 3.96. The number of pyridine rings is 1. The Morgan fingerprint density at radius 2 is 2.06 bits per heavy atom. The number of nitrogens with zero attached hydrogens (tertiary/aromatic N) is 1. The van der Waals surface area contributed by atoms with Gasteiger partial charge in [-0.25, -0.2) is 0 Å². The molecule has 0 atom stereocenters. The van der Waals surface area contributed by atoms with E-state index in [1.165, 1.54) is 6.07 Å². The number of aromatic hydroxyl groups is 2. The van der Waals surface area contributed by atoms with Crippen molar-refractivity contribution in [2.24, 2.45) is 0 Å². The van der Waals surface area contributed by atoms with Crippen molar-refractivity contribution in [3.8, 4) is 11.5 Å². The first-order valence-electron chi connectivity index (χ1n) is 5.21. The maximum Gasteiger partial charge on any atom is 0.193 e. The van der Waals surface area contributed by atoms with Gasteiger partial charge in [-0.3, -0.25) is 4.79 Å². The molecule has 0 aliphatic rings. The van der Waals surface area contributed by atoms with Crippen LogP contribution in [-0.2, 0) is 6.54 Å². The molecule has 0 aliphatic carbocycles. The topological polar surface area (TPSA) is 62.5 Å². The van der Waals surface area contributed by atoms with Gasteiger partial charge in [-0.05, 0) is 13.8 Å². The third kappa shape index (κ3) is 1.65. The van der Waals surface area contributed by atoms with Crippen LogP contribution in [0.1, 0.15) is 12.5 Å². The number of hydrogen-bond donors (Lipinski definition) is 2. The molecular weight excluding hydrogens is 242 g/mol. The van der Waals surface area contributed by atoms with E-state index in [9.17, 15) is 15.0 Å². The largest absolute Gasteiger partial charge is 0.504 e. The Balaban J connectivity index is 3.10. The Labute approximate surface area is 103 Å². The van der Waals surface area contributed by atoms with Crippen molar-refractivity contribution in [2.75, 3.05) is 0 Å². The lowest BCUT2D eigenvalue weighted by atomic mass is 10.1. The Morgan fingerprint density at radius 1 is 1.41 bits per heavy atom. The number of aryl methyl sites for hydroxylation is 2. The summed E-state index contributed by atoms with van der Waals surface area (Å²) in [6.07, 6.45) is 1.71. The fourth-order valence-corrected chi connectivity index (χ4v) is 2.16. The summed E-state index contributed by atoms with van der Waals surface area (Å²) < 4.78 is 1.80. The Morgan fingerprint density at radius 3 is 2.65 bits per heavy atom. The van der Waals surface area contributed by atoms with E-state index in [1.54, 1.807) is 17.7 Å². The van der Waals surface area contributed by atoms with Crippen LogP contribution in [0.15, 0.2) is 17.1 Å². The first kappa shape index (κ1) is 11.8. The normalized spacial score (nSPS) is 11.0. The van der Waals surface area contributed by atoms with Crippen molar-refractivity contribution in [1.82, 2.24) is 4.57 Å². The van der Waals surface area contributed by atoms with E-state index in [0.717, 1.165) is 0 Å². The molecule has 1 aromatic carbocycles. The van der Waals surface area contributed by atoms with Crippen molar-refractivity contribution in [1.29, 1.82) is 0 Å². The molecule has 17 heavy (non-hydrogen) atoms. The van der Waals surface area contributed by atoms with Crippen LogP contribution < -0.4 is 5.43 Å². The van der Waals surface area contributed by atoms with Gasteiger partial charge in [0, 0.05) is 24.4 Å². The first-order valence-corrected chi connectivity index (χ1v) is 5.59. The number of fused-ring (bicyclic) bond motifs is 1. The summed E-state index contributed by atoms with van der Waals surface area (Å²) in [4.78, 5) is 12.0. The zero-order chi connectivity index (χ0) is 12.7. The fraction of sp³-hybridized carbons (Fsp3) is 0.250. The number of rotatable bonds is 1. The lowest BCUT2D eigenvalue weighted by Gasteiger charge is -2.12. The van der Waals surface area contributed by atoms with Crippen LogP contribution in [0, 0.1) is 6.92 Å². The highest BCUT2D eigenvalue weighted by atomic mass is 35.5. The highest BCUT2D eigenvalue weighted by Gasteiger charge is 2.16. The summed E-state index contributed by atoms with van der Waals surface area (Å²) >= 11 is 5.91. The van der Waals surface area contributed by atoms with Gasteiger partial charge in [0.1, 0.15) is 0 Å². The van der Waals surface area contributed by atoms with Crippen molar-refractivity contribution in [3.05, 3.63) is 33.1 Å². The van der Waals surface area contributed by atoms with Crippen LogP contribution in [0.3, 0.4) is 0 Å². The van der Waals surface area contributed by atoms with Gasteiger partial charge in [0.2, 0.25) is 0 Å². The molecule has 2 aromatic rings. The molecule has 0 unspecified atom stereocenters. The van der Waals surface area contributed by atoms with Gasteiger partial charge < -0.3 is 14.8 Å². The minimum atomic E-state index is -0.454. The molecule has 0 saturated carbocycles. The van der Waals surface area contributed by atoms with Gasteiger partial charge in [-0.1, -0.05) is 11.6 Å². The summed E-state index contributed by atoms with van der Waals surface area (Å²) in [5.41, 5.74) is 0.833. The predicted octanol–water partition coefficient (Wildman–Crippen LogP) is 2.39. The summed E-state index contributed by atoms with van der Waals surface area (Å²) in [6.45, 7) is 4.24. The molecular formula is C12H12ClNO3. The predicted molar refractivity (Wildman–Crippen MR) is 67.0 cm³/mol. The first-order chi connectivity index (χ1) is 7.97. The van der Waals surface area contributed by atoms with Crippen molar-refractivity contribution in [2.45, 2.75) is 20.4 Å². The van der Waals surface area contributed by atoms with E-state index < -0.39 is 5.75 Å². The summed E-state index contributed by atoms with van der Waals surface area (Å²) in [7, 11) is 0. The Kier molecular flexibility index (Phi) is 2.75. The van der Waals surface area contributed by atoms with Crippen LogP contribution in [0.5, 0.6) is 11.5 Å². The van der Waals surface area contributed by atoms with Crippen LogP contribution in [0.4, 0.5) is 0 Å². The van der Waals surface area contributed by atoms with E-state index in [4.69, 9.17) is 11.6 Å². The van der Waals surface area contributed by atoms with Crippen LogP contribution in [0.2, 0.25) is 5.02 Å². The molecule has 0 radical (unpaired) electrons. The van der Waals surface area contributed by atoms with Gasteiger partial charge in [0.05, 0.1) is 15.9 Å². The molecule has 0 bridgehead atoms. The third-order valence-corrected chi connectivity index (χ3v) is 3.15. The van der Waals surface area contributed by atoms with Gasteiger partial charge in [-0.15, -0.1) is 0 Å². The average Bonchev–Trinajstić information content (AvgIpc) is 2.30. The van der Waals surface area contributed by atoms with E-state index in [0.29, 0.717) is 17.6 Å². The van der Waals surface area contributed by atoms with Gasteiger partial charge in [-0.2, -0.15) is 0 Å². The molecule has 0 amide bonds. The third-order valence-electron chi connectivity index (χ3n) is 2.78. The standard InChI is InChI=1S/C12H12ClNO3/c1-3-14-5-6(2)11(16)9-7(14)4-8(15)12(17)10(9)13/h4-5,15,17H,3H2,1-2H3. The van der Waals surface area contributed by atoms with Crippen molar-refractivity contribution in [3.63, 3.8) is 0 Å². The Hall–Kier alpha value is -1.68. The zero-order valence-corrected chi connectivity index (χ0v) is 10.2. The summed E-state index contributed by atoms with van der Waals surface area (Å²) in [5, 5.41) is 19.2. The van der Waals surface area contributed by atoms with E-state index >= 15 is 0 Å². The highest BCUT2D eigenvalue weighted by molar-refractivity contribution is 6.37. The average molecular weight is 254 g/mol. The molecule has 0 fully saturated rings. The minimum Gasteiger partial charge on any atom is -0.504 e. The molecule has 0 saturated heterocycles. The minimum absolute atomic E-state index is 0.101. The van der Waals surface area contributed by atoms with Gasteiger partial charge in [0.15, 0.2) is 16.9 Å². The highest BCUT2D eigenvalue weighted by Crippen LogP contribution is 2.38. The SMILES string of the molecule is CCn1cc(C)c(=O)c2c(Cl)c(O)c(O)cc21.